The molecule has 0 aromatic heterocycles. The van der Waals surface area contributed by atoms with Crippen molar-refractivity contribution in [2.45, 2.75) is 104 Å². The molecule has 0 aliphatic rings. The first-order valence-electron chi connectivity index (χ1n) is 10.2. The van der Waals surface area contributed by atoms with E-state index in [1.54, 1.807) is 0 Å². The molecule has 0 radical (unpaired) electrons. The number of hydrogen-bond acceptors (Lipinski definition) is 2. The molecule has 0 aliphatic carbocycles. The smallest absolute Gasteiger partial charge is 0.0649 e. The Balaban J connectivity index is 3.05. The van der Waals surface area contributed by atoms with Crippen LogP contribution in [-0.2, 0) is 0 Å². The minimum absolute atomic E-state index is 0.224. The fraction of sp³-hybridized carbons (Fsp3) is 0.905. The molecule has 0 amide bonds. The first kappa shape index (κ1) is 23.1. The van der Waals surface area contributed by atoms with Crippen LogP contribution in [0.25, 0.3) is 0 Å². The van der Waals surface area contributed by atoms with E-state index in [1.807, 2.05) is 24.8 Å². The molecule has 0 fully saturated rings. The fourth-order valence-corrected chi connectivity index (χ4v) is 3.89. The van der Waals surface area contributed by atoms with E-state index >= 15 is 0 Å². The van der Waals surface area contributed by atoms with Crippen LogP contribution in [0.1, 0.15) is 104 Å². The summed E-state index contributed by atoms with van der Waals surface area (Å²) < 4.78 is 0. The van der Waals surface area contributed by atoms with Gasteiger partial charge in [0, 0.05) is 5.75 Å². The van der Waals surface area contributed by atoms with Crippen molar-refractivity contribution in [3.05, 3.63) is 11.6 Å². The van der Waals surface area contributed by atoms with Crippen molar-refractivity contribution in [2.75, 3.05) is 18.1 Å². The molecule has 138 valence electrons. The summed E-state index contributed by atoms with van der Waals surface area (Å²) in [6.07, 6.45) is 22.0. The summed E-state index contributed by atoms with van der Waals surface area (Å²) in [5, 5.41) is 9.07. The van der Waals surface area contributed by atoms with E-state index in [4.69, 9.17) is 5.11 Å². The highest BCUT2D eigenvalue weighted by Crippen LogP contribution is 2.14. The summed E-state index contributed by atoms with van der Waals surface area (Å²) in [6.45, 7) is 4.52. The molecule has 0 bridgehead atoms. The van der Waals surface area contributed by atoms with Crippen LogP contribution in [0, 0.1) is 0 Å². The monoisotopic (exact) mass is 342 g/mol. The van der Waals surface area contributed by atoms with Gasteiger partial charge in [-0.3, -0.25) is 0 Å². The highest BCUT2D eigenvalue weighted by molar-refractivity contribution is 7.99. The quantitative estimate of drug-likeness (QED) is 0.211. The van der Waals surface area contributed by atoms with Gasteiger partial charge in [-0.05, 0) is 24.7 Å². The van der Waals surface area contributed by atoms with E-state index in [-0.39, 0.29) is 6.61 Å². The van der Waals surface area contributed by atoms with Gasteiger partial charge in [-0.2, -0.15) is 11.8 Å². The van der Waals surface area contributed by atoms with E-state index in [0.29, 0.717) is 0 Å². The maximum absolute atomic E-state index is 9.07. The Bertz CT molecular complexity index is 250. The minimum Gasteiger partial charge on any atom is -0.392 e. The maximum atomic E-state index is 9.07. The normalized spacial score (nSPS) is 12.0. The molecular formula is C21H42OS. The molecule has 1 N–H and O–H groups in total. The van der Waals surface area contributed by atoms with Crippen LogP contribution < -0.4 is 0 Å². The van der Waals surface area contributed by atoms with Crippen LogP contribution in [0.15, 0.2) is 11.6 Å². The molecule has 2 heteroatoms. The largest absolute Gasteiger partial charge is 0.392 e. The van der Waals surface area contributed by atoms with Gasteiger partial charge in [0.05, 0.1) is 6.61 Å². The zero-order valence-corrected chi connectivity index (χ0v) is 16.8. The van der Waals surface area contributed by atoms with Crippen LogP contribution in [0.5, 0.6) is 0 Å². The standard InChI is InChI=1S/C21H42OS/c1-3-5-6-7-8-9-10-11-12-13-14-15-16-17-18-23-20-21(4-2)19-22/h4,22H,3,5-20H2,1-2H3/b21-4-. The summed E-state index contributed by atoms with van der Waals surface area (Å²) in [5.41, 5.74) is 1.17. The van der Waals surface area contributed by atoms with Crippen molar-refractivity contribution in [3.63, 3.8) is 0 Å². The Kier molecular flexibility index (Phi) is 20.1. The van der Waals surface area contributed by atoms with E-state index in [9.17, 15) is 0 Å². The van der Waals surface area contributed by atoms with Crippen molar-refractivity contribution in [1.29, 1.82) is 0 Å². The summed E-state index contributed by atoms with van der Waals surface area (Å²) in [5.74, 6) is 2.25. The third-order valence-electron chi connectivity index (χ3n) is 4.54. The second-order valence-corrected chi connectivity index (χ2v) is 7.86. The Labute approximate surface area is 150 Å². The van der Waals surface area contributed by atoms with Crippen molar-refractivity contribution >= 4 is 11.8 Å². The lowest BCUT2D eigenvalue weighted by Gasteiger charge is -2.04. The molecule has 1 nitrogen and oxygen atoms in total. The van der Waals surface area contributed by atoms with Gasteiger partial charge in [-0.25, -0.2) is 0 Å². The second kappa shape index (κ2) is 20.1. The van der Waals surface area contributed by atoms with E-state index < -0.39 is 0 Å². The predicted molar refractivity (Wildman–Crippen MR) is 108 cm³/mol. The topological polar surface area (TPSA) is 20.2 Å². The fourth-order valence-electron chi connectivity index (χ4n) is 2.82. The summed E-state index contributed by atoms with van der Waals surface area (Å²) in [6, 6.07) is 0. The maximum Gasteiger partial charge on any atom is 0.0649 e. The molecule has 0 atom stereocenters. The number of unbranched alkanes of at least 4 members (excludes halogenated alkanes) is 13. The third-order valence-corrected chi connectivity index (χ3v) is 5.69. The molecule has 0 spiro atoms. The van der Waals surface area contributed by atoms with Gasteiger partial charge in [0.15, 0.2) is 0 Å². The number of aliphatic hydroxyl groups excluding tert-OH is 1. The highest BCUT2D eigenvalue weighted by atomic mass is 32.2. The van der Waals surface area contributed by atoms with Gasteiger partial charge in [-0.15, -0.1) is 0 Å². The van der Waals surface area contributed by atoms with Gasteiger partial charge in [0.25, 0.3) is 0 Å². The molecule has 23 heavy (non-hydrogen) atoms. The van der Waals surface area contributed by atoms with E-state index in [1.165, 1.54) is 101 Å². The lowest BCUT2D eigenvalue weighted by atomic mass is 10.0. The lowest BCUT2D eigenvalue weighted by Crippen LogP contribution is -1.94. The van der Waals surface area contributed by atoms with Crippen LogP contribution in [-0.4, -0.2) is 23.2 Å². The first-order chi connectivity index (χ1) is 11.3. The number of thioether (sulfide) groups is 1. The Morgan fingerprint density at radius 3 is 1.57 bits per heavy atom. The molecule has 0 aliphatic heterocycles. The van der Waals surface area contributed by atoms with Crippen LogP contribution in [0.3, 0.4) is 0 Å². The molecule has 0 rings (SSSR count). The van der Waals surface area contributed by atoms with Crippen LogP contribution in [0.4, 0.5) is 0 Å². The van der Waals surface area contributed by atoms with Crippen molar-refractivity contribution in [2.24, 2.45) is 0 Å². The molecule has 0 heterocycles. The zero-order chi connectivity index (χ0) is 17.0. The molecular weight excluding hydrogens is 300 g/mol. The molecule has 0 aromatic carbocycles. The van der Waals surface area contributed by atoms with Crippen molar-refractivity contribution in [1.82, 2.24) is 0 Å². The van der Waals surface area contributed by atoms with E-state index in [0.717, 1.165) is 5.75 Å². The van der Waals surface area contributed by atoms with Crippen LogP contribution in [0.2, 0.25) is 0 Å². The van der Waals surface area contributed by atoms with Gasteiger partial charge in [0.1, 0.15) is 0 Å². The summed E-state index contributed by atoms with van der Waals surface area (Å²) in [4.78, 5) is 0. The van der Waals surface area contributed by atoms with Gasteiger partial charge < -0.3 is 5.11 Å². The Morgan fingerprint density at radius 2 is 1.17 bits per heavy atom. The first-order valence-corrected chi connectivity index (χ1v) is 11.3. The number of aliphatic hydroxyl groups is 1. The molecule has 0 unspecified atom stereocenters. The van der Waals surface area contributed by atoms with Crippen LogP contribution >= 0.6 is 11.8 Å². The number of rotatable bonds is 18. The summed E-state index contributed by atoms with van der Waals surface area (Å²) in [7, 11) is 0. The average molecular weight is 343 g/mol. The lowest BCUT2D eigenvalue weighted by molar-refractivity contribution is 0.332. The summed E-state index contributed by atoms with van der Waals surface area (Å²) >= 11 is 1.97. The SMILES string of the molecule is C/C=C(/CO)CSCCCCCCCCCCCCCCCC. The van der Waals surface area contributed by atoms with Gasteiger partial charge in [-0.1, -0.05) is 96.5 Å². The predicted octanol–water partition coefficient (Wildman–Crippen LogP) is 7.14. The Morgan fingerprint density at radius 1 is 0.739 bits per heavy atom. The molecule has 0 saturated carbocycles. The molecule has 0 saturated heterocycles. The number of allylic oxidation sites excluding steroid dienone is 1. The second-order valence-electron chi connectivity index (χ2n) is 6.75. The van der Waals surface area contributed by atoms with Crippen molar-refractivity contribution < 1.29 is 5.11 Å². The zero-order valence-electron chi connectivity index (χ0n) is 16.0. The Hall–Kier alpha value is 0.0500. The van der Waals surface area contributed by atoms with E-state index in [2.05, 4.69) is 6.92 Å². The molecule has 0 aromatic rings. The van der Waals surface area contributed by atoms with Crippen molar-refractivity contribution in [3.8, 4) is 0 Å². The third kappa shape index (κ3) is 18.2. The van der Waals surface area contributed by atoms with Gasteiger partial charge >= 0.3 is 0 Å². The number of hydrogen-bond donors (Lipinski definition) is 1. The average Bonchev–Trinajstić information content (AvgIpc) is 2.58. The van der Waals surface area contributed by atoms with Gasteiger partial charge in [0.2, 0.25) is 0 Å². The highest BCUT2D eigenvalue weighted by Gasteiger charge is 1.96. The minimum atomic E-state index is 0.224.